The third-order valence-electron chi connectivity index (χ3n) is 4.74. The lowest BCUT2D eigenvalue weighted by Crippen LogP contribution is -2.31. The van der Waals surface area contributed by atoms with Crippen LogP contribution in [0.15, 0.2) is 24.3 Å². The number of nitriles is 1. The predicted octanol–water partition coefficient (Wildman–Crippen LogP) is 4.49. The third kappa shape index (κ3) is 4.48. The minimum atomic E-state index is -0.296. The molecule has 1 fully saturated rings. The molecule has 1 aliphatic rings. The van der Waals surface area contributed by atoms with Gasteiger partial charge in [-0.15, -0.1) is 0 Å². The van der Waals surface area contributed by atoms with Crippen molar-refractivity contribution < 1.29 is 14.3 Å². The van der Waals surface area contributed by atoms with Gasteiger partial charge in [-0.25, -0.2) is 4.79 Å². The van der Waals surface area contributed by atoms with Crippen molar-refractivity contribution in [3.8, 4) is 11.8 Å². The van der Waals surface area contributed by atoms with Crippen molar-refractivity contribution in [1.29, 1.82) is 5.26 Å². The van der Waals surface area contributed by atoms with E-state index in [1.54, 1.807) is 31.4 Å². The summed E-state index contributed by atoms with van der Waals surface area (Å²) in [7, 11) is 1.59. The zero-order chi connectivity index (χ0) is 16.7. The molecule has 124 valence electrons. The molecule has 0 radical (unpaired) electrons. The fourth-order valence-corrected chi connectivity index (χ4v) is 3.14. The van der Waals surface area contributed by atoms with E-state index in [1.165, 1.54) is 0 Å². The quantitative estimate of drug-likeness (QED) is 0.725. The summed E-state index contributed by atoms with van der Waals surface area (Å²) in [5.74, 6) is 0.421. The predicted molar refractivity (Wildman–Crippen MR) is 88.2 cm³/mol. The summed E-state index contributed by atoms with van der Waals surface area (Å²) in [5.41, 5.74) is 0.327. The second-order valence-electron chi connectivity index (χ2n) is 6.33. The standard InChI is InChI=1S/C19H25NO3/c1-3-4-11-19(14-20)12-9-17(10-13-19)23-18(21)15-5-7-16(22-2)8-6-15/h5-8,17H,3-4,9-13H2,1-2H3/t17-,19+. The van der Waals surface area contributed by atoms with Crippen molar-refractivity contribution in [2.24, 2.45) is 5.41 Å². The summed E-state index contributed by atoms with van der Waals surface area (Å²) in [4.78, 5) is 12.2. The monoisotopic (exact) mass is 315 g/mol. The lowest BCUT2D eigenvalue weighted by atomic mass is 9.71. The van der Waals surface area contributed by atoms with Crippen LogP contribution in [0.2, 0.25) is 0 Å². The number of esters is 1. The molecule has 0 bridgehead atoms. The Morgan fingerprint density at radius 2 is 1.96 bits per heavy atom. The van der Waals surface area contributed by atoms with Crippen LogP contribution in [-0.2, 0) is 4.74 Å². The van der Waals surface area contributed by atoms with Gasteiger partial charge in [-0.1, -0.05) is 19.8 Å². The van der Waals surface area contributed by atoms with Gasteiger partial charge in [0, 0.05) is 0 Å². The molecule has 0 spiro atoms. The second kappa shape index (κ2) is 8.01. The molecule has 0 saturated heterocycles. The minimum absolute atomic E-state index is 0.0762. The SMILES string of the molecule is CCCC[C@]1(C#N)CC[C@@H](OC(=O)c2ccc(OC)cc2)CC1. The van der Waals surface area contributed by atoms with E-state index in [-0.39, 0.29) is 17.5 Å². The van der Waals surface area contributed by atoms with Crippen molar-refractivity contribution in [2.75, 3.05) is 7.11 Å². The molecule has 4 nitrogen and oxygen atoms in total. The molecule has 2 rings (SSSR count). The lowest BCUT2D eigenvalue weighted by molar-refractivity contribution is 0.0105. The number of unbranched alkanes of at least 4 members (excludes halogenated alkanes) is 1. The van der Waals surface area contributed by atoms with Crippen molar-refractivity contribution in [1.82, 2.24) is 0 Å². The van der Waals surface area contributed by atoms with Crippen LogP contribution in [0.3, 0.4) is 0 Å². The molecule has 0 aliphatic heterocycles. The van der Waals surface area contributed by atoms with Gasteiger partial charge in [0.2, 0.25) is 0 Å². The highest BCUT2D eigenvalue weighted by Gasteiger charge is 2.36. The number of hydrogen-bond acceptors (Lipinski definition) is 4. The number of rotatable bonds is 6. The third-order valence-corrected chi connectivity index (χ3v) is 4.74. The molecular weight excluding hydrogens is 290 g/mol. The second-order valence-corrected chi connectivity index (χ2v) is 6.33. The fourth-order valence-electron chi connectivity index (χ4n) is 3.14. The first-order valence-corrected chi connectivity index (χ1v) is 8.39. The molecule has 0 heterocycles. The van der Waals surface area contributed by atoms with E-state index in [0.717, 1.165) is 44.9 Å². The summed E-state index contributed by atoms with van der Waals surface area (Å²) in [5, 5.41) is 9.49. The number of carbonyl (C=O) groups excluding carboxylic acids is 1. The van der Waals surface area contributed by atoms with Crippen LogP contribution in [0, 0.1) is 16.7 Å². The normalized spacial score (nSPS) is 23.8. The van der Waals surface area contributed by atoms with E-state index in [2.05, 4.69) is 13.0 Å². The van der Waals surface area contributed by atoms with E-state index in [4.69, 9.17) is 9.47 Å². The lowest BCUT2D eigenvalue weighted by Gasteiger charge is -2.34. The van der Waals surface area contributed by atoms with Gasteiger partial charge in [0.15, 0.2) is 0 Å². The number of hydrogen-bond donors (Lipinski definition) is 0. The first kappa shape index (κ1) is 17.3. The Bertz CT molecular complexity index is 551. The smallest absolute Gasteiger partial charge is 0.338 e. The number of carbonyl (C=O) groups is 1. The van der Waals surface area contributed by atoms with Gasteiger partial charge < -0.3 is 9.47 Å². The van der Waals surface area contributed by atoms with Gasteiger partial charge in [0.25, 0.3) is 0 Å². The van der Waals surface area contributed by atoms with Crippen LogP contribution in [0.25, 0.3) is 0 Å². The zero-order valence-corrected chi connectivity index (χ0v) is 14.0. The molecule has 0 amide bonds. The topological polar surface area (TPSA) is 59.3 Å². The average Bonchev–Trinajstić information content (AvgIpc) is 2.61. The summed E-state index contributed by atoms with van der Waals surface area (Å²) in [6.07, 6.45) is 6.28. The Morgan fingerprint density at radius 1 is 1.30 bits per heavy atom. The molecule has 1 aromatic carbocycles. The van der Waals surface area contributed by atoms with Gasteiger partial charge in [-0.2, -0.15) is 5.26 Å². The van der Waals surface area contributed by atoms with Crippen LogP contribution >= 0.6 is 0 Å². The van der Waals surface area contributed by atoms with Crippen molar-refractivity contribution in [3.63, 3.8) is 0 Å². The number of benzene rings is 1. The Kier molecular flexibility index (Phi) is 6.04. The Balaban J connectivity index is 1.88. The highest BCUT2D eigenvalue weighted by molar-refractivity contribution is 5.89. The molecule has 23 heavy (non-hydrogen) atoms. The maximum atomic E-state index is 12.2. The van der Waals surface area contributed by atoms with E-state index in [1.807, 2.05) is 0 Å². The van der Waals surface area contributed by atoms with Crippen LogP contribution < -0.4 is 4.74 Å². The zero-order valence-electron chi connectivity index (χ0n) is 14.0. The van der Waals surface area contributed by atoms with Crippen molar-refractivity contribution in [2.45, 2.75) is 58.0 Å². The summed E-state index contributed by atoms with van der Waals surface area (Å²) in [6, 6.07) is 9.45. The van der Waals surface area contributed by atoms with Crippen LogP contribution in [0.5, 0.6) is 5.75 Å². The summed E-state index contributed by atoms with van der Waals surface area (Å²) in [6.45, 7) is 2.15. The van der Waals surface area contributed by atoms with Gasteiger partial charge in [0.1, 0.15) is 11.9 Å². The van der Waals surface area contributed by atoms with Crippen LogP contribution in [0.1, 0.15) is 62.2 Å². The minimum Gasteiger partial charge on any atom is -0.497 e. The van der Waals surface area contributed by atoms with Crippen LogP contribution in [0.4, 0.5) is 0 Å². The van der Waals surface area contributed by atoms with E-state index in [9.17, 15) is 10.1 Å². The average molecular weight is 315 g/mol. The van der Waals surface area contributed by atoms with Gasteiger partial charge in [-0.05, 0) is 56.4 Å². The molecule has 0 N–H and O–H groups in total. The Morgan fingerprint density at radius 3 is 2.48 bits per heavy atom. The van der Waals surface area contributed by atoms with Crippen LogP contribution in [-0.4, -0.2) is 19.2 Å². The Labute approximate surface area is 138 Å². The molecule has 1 aliphatic carbocycles. The van der Waals surface area contributed by atoms with Gasteiger partial charge >= 0.3 is 5.97 Å². The molecule has 4 heteroatoms. The number of nitrogens with zero attached hydrogens (tertiary/aromatic N) is 1. The van der Waals surface area contributed by atoms with E-state index < -0.39 is 0 Å². The number of methoxy groups -OCH3 is 1. The molecule has 0 aromatic heterocycles. The maximum Gasteiger partial charge on any atom is 0.338 e. The van der Waals surface area contributed by atoms with Gasteiger partial charge in [-0.3, -0.25) is 0 Å². The van der Waals surface area contributed by atoms with Gasteiger partial charge in [0.05, 0.1) is 24.2 Å². The summed E-state index contributed by atoms with van der Waals surface area (Å²) < 4.78 is 10.7. The molecule has 0 unspecified atom stereocenters. The highest BCUT2D eigenvalue weighted by atomic mass is 16.5. The highest BCUT2D eigenvalue weighted by Crippen LogP contribution is 2.41. The first-order chi connectivity index (χ1) is 11.1. The van der Waals surface area contributed by atoms with Crippen molar-refractivity contribution >= 4 is 5.97 Å². The van der Waals surface area contributed by atoms with E-state index >= 15 is 0 Å². The molecule has 1 saturated carbocycles. The molecule has 0 atom stereocenters. The van der Waals surface area contributed by atoms with Crippen molar-refractivity contribution in [3.05, 3.63) is 29.8 Å². The summed E-state index contributed by atoms with van der Waals surface area (Å²) >= 11 is 0. The maximum absolute atomic E-state index is 12.2. The number of ether oxygens (including phenoxy) is 2. The largest absolute Gasteiger partial charge is 0.497 e. The molecule has 1 aromatic rings. The van der Waals surface area contributed by atoms with E-state index in [0.29, 0.717) is 11.3 Å². The first-order valence-electron chi connectivity index (χ1n) is 8.39. The molecular formula is C19H25NO3. The fraction of sp³-hybridized carbons (Fsp3) is 0.579. The Hall–Kier alpha value is -2.02.